The molecule has 0 fully saturated rings. The molecule has 19 heavy (non-hydrogen) atoms. The van der Waals surface area contributed by atoms with Crippen LogP contribution in [-0.2, 0) is 0 Å². The standard InChI is InChI=1S/C16H16O3/c1-2-14(11-4-3-5-13(17)8-11)12-6-7-15-16(9-12)19-10-18-15/h3-9,14,17H,2,10H2,1H3/t14-/m0/s1. The molecular weight excluding hydrogens is 240 g/mol. The topological polar surface area (TPSA) is 38.7 Å². The van der Waals surface area contributed by atoms with Crippen LogP contribution in [-0.4, -0.2) is 11.9 Å². The summed E-state index contributed by atoms with van der Waals surface area (Å²) >= 11 is 0. The average molecular weight is 256 g/mol. The van der Waals surface area contributed by atoms with E-state index in [4.69, 9.17) is 9.47 Å². The Morgan fingerprint density at radius 2 is 1.84 bits per heavy atom. The van der Waals surface area contributed by atoms with Crippen molar-refractivity contribution in [3.05, 3.63) is 53.6 Å². The zero-order valence-corrected chi connectivity index (χ0v) is 10.8. The van der Waals surface area contributed by atoms with Crippen molar-refractivity contribution in [2.24, 2.45) is 0 Å². The number of phenols is 1. The van der Waals surface area contributed by atoms with Gasteiger partial charge in [-0.1, -0.05) is 25.1 Å². The van der Waals surface area contributed by atoms with Crippen LogP contribution < -0.4 is 9.47 Å². The third-order valence-electron chi connectivity index (χ3n) is 3.48. The minimum absolute atomic E-state index is 0.251. The van der Waals surface area contributed by atoms with Gasteiger partial charge in [0, 0.05) is 5.92 Å². The number of phenolic OH excluding ortho intramolecular Hbond substituents is 1. The molecule has 3 nitrogen and oxygen atoms in total. The van der Waals surface area contributed by atoms with Gasteiger partial charge in [0.2, 0.25) is 6.79 Å². The molecule has 1 heterocycles. The molecule has 0 aliphatic carbocycles. The van der Waals surface area contributed by atoms with E-state index in [9.17, 15) is 5.11 Å². The second-order valence-electron chi connectivity index (χ2n) is 4.67. The van der Waals surface area contributed by atoms with Gasteiger partial charge in [-0.3, -0.25) is 0 Å². The number of ether oxygens (including phenoxy) is 2. The number of hydrogen-bond acceptors (Lipinski definition) is 3. The molecule has 1 aliphatic rings. The lowest BCUT2D eigenvalue weighted by Crippen LogP contribution is -1.99. The first-order valence-electron chi connectivity index (χ1n) is 6.46. The van der Waals surface area contributed by atoms with Crippen LogP contribution in [0.25, 0.3) is 0 Å². The smallest absolute Gasteiger partial charge is 0.231 e. The normalized spacial score (nSPS) is 14.4. The van der Waals surface area contributed by atoms with Gasteiger partial charge in [0.05, 0.1) is 0 Å². The molecule has 3 rings (SSSR count). The van der Waals surface area contributed by atoms with Gasteiger partial charge < -0.3 is 14.6 Å². The molecular formula is C16H16O3. The lowest BCUT2D eigenvalue weighted by atomic mass is 9.89. The van der Waals surface area contributed by atoms with Crippen LogP contribution >= 0.6 is 0 Å². The van der Waals surface area contributed by atoms with Gasteiger partial charge in [0.1, 0.15) is 5.75 Å². The number of aromatic hydroxyl groups is 1. The Morgan fingerprint density at radius 3 is 2.63 bits per heavy atom. The second kappa shape index (κ2) is 4.84. The van der Waals surface area contributed by atoms with E-state index in [2.05, 4.69) is 13.0 Å². The van der Waals surface area contributed by atoms with Crippen molar-refractivity contribution in [2.45, 2.75) is 19.3 Å². The van der Waals surface area contributed by atoms with Crippen molar-refractivity contribution >= 4 is 0 Å². The monoisotopic (exact) mass is 256 g/mol. The Kier molecular flexibility index (Phi) is 3.03. The van der Waals surface area contributed by atoms with Crippen LogP contribution in [0, 0.1) is 0 Å². The number of fused-ring (bicyclic) bond motifs is 1. The molecule has 0 spiro atoms. The number of benzene rings is 2. The molecule has 0 saturated heterocycles. The average Bonchev–Trinajstić information content (AvgIpc) is 2.87. The van der Waals surface area contributed by atoms with Crippen LogP contribution in [0.5, 0.6) is 17.2 Å². The van der Waals surface area contributed by atoms with Gasteiger partial charge in [0.15, 0.2) is 11.5 Å². The summed E-state index contributed by atoms with van der Waals surface area (Å²) in [4.78, 5) is 0. The fraction of sp³-hybridized carbons (Fsp3) is 0.250. The Bertz CT molecular complexity index is 592. The highest BCUT2D eigenvalue weighted by Gasteiger charge is 2.18. The van der Waals surface area contributed by atoms with E-state index in [0.717, 1.165) is 23.5 Å². The van der Waals surface area contributed by atoms with E-state index in [-0.39, 0.29) is 5.92 Å². The highest BCUT2D eigenvalue weighted by molar-refractivity contribution is 5.47. The molecule has 2 aromatic rings. The fourth-order valence-electron chi connectivity index (χ4n) is 2.54. The predicted octanol–water partition coefficient (Wildman–Crippen LogP) is 3.66. The molecule has 0 saturated carbocycles. The molecule has 1 aliphatic heterocycles. The molecule has 98 valence electrons. The molecule has 0 aromatic heterocycles. The molecule has 0 amide bonds. The van der Waals surface area contributed by atoms with Crippen molar-refractivity contribution in [2.75, 3.05) is 6.79 Å². The van der Waals surface area contributed by atoms with Crippen LogP contribution in [0.2, 0.25) is 0 Å². The van der Waals surface area contributed by atoms with E-state index in [0.29, 0.717) is 12.5 Å². The SMILES string of the molecule is CC[C@@H](c1cccc(O)c1)c1ccc2c(c1)OCO2. The van der Waals surface area contributed by atoms with Crippen LogP contribution in [0.15, 0.2) is 42.5 Å². The molecule has 1 atom stereocenters. The Balaban J connectivity index is 1.98. The molecule has 0 bridgehead atoms. The highest BCUT2D eigenvalue weighted by Crippen LogP contribution is 2.37. The van der Waals surface area contributed by atoms with Gasteiger partial charge in [-0.25, -0.2) is 0 Å². The summed E-state index contributed by atoms with van der Waals surface area (Å²) in [6, 6.07) is 13.5. The molecule has 1 N–H and O–H groups in total. The maximum absolute atomic E-state index is 9.61. The second-order valence-corrected chi connectivity index (χ2v) is 4.67. The van der Waals surface area contributed by atoms with Gasteiger partial charge in [0.25, 0.3) is 0 Å². The van der Waals surface area contributed by atoms with Gasteiger partial charge in [-0.15, -0.1) is 0 Å². The van der Waals surface area contributed by atoms with Crippen molar-refractivity contribution < 1.29 is 14.6 Å². The largest absolute Gasteiger partial charge is 0.508 e. The van der Waals surface area contributed by atoms with Gasteiger partial charge in [-0.2, -0.15) is 0 Å². The lowest BCUT2D eigenvalue weighted by Gasteiger charge is -2.16. The maximum Gasteiger partial charge on any atom is 0.231 e. The summed E-state index contributed by atoms with van der Waals surface area (Å²) in [6.45, 7) is 2.43. The van der Waals surface area contributed by atoms with E-state index in [1.807, 2.05) is 30.3 Å². The predicted molar refractivity (Wildman–Crippen MR) is 72.8 cm³/mol. The molecule has 3 heteroatoms. The van der Waals surface area contributed by atoms with Crippen molar-refractivity contribution in [1.82, 2.24) is 0 Å². The third kappa shape index (κ3) is 2.24. The number of hydrogen-bond donors (Lipinski definition) is 1. The van der Waals surface area contributed by atoms with Crippen LogP contribution in [0.4, 0.5) is 0 Å². The van der Waals surface area contributed by atoms with Crippen molar-refractivity contribution in [1.29, 1.82) is 0 Å². The summed E-state index contributed by atoms with van der Waals surface area (Å²) in [5.74, 6) is 2.16. The first kappa shape index (κ1) is 11.9. The zero-order chi connectivity index (χ0) is 13.2. The van der Waals surface area contributed by atoms with Crippen molar-refractivity contribution in [3.8, 4) is 17.2 Å². The molecule has 0 unspecified atom stereocenters. The quantitative estimate of drug-likeness (QED) is 0.910. The highest BCUT2D eigenvalue weighted by atomic mass is 16.7. The van der Waals surface area contributed by atoms with Gasteiger partial charge >= 0.3 is 0 Å². The summed E-state index contributed by atoms with van der Waals surface area (Å²) in [6.07, 6.45) is 0.961. The first-order chi connectivity index (χ1) is 9.28. The molecule has 2 aromatic carbocycles. The molecule has 0 radical (unpaired) electrons. The maximum atomic E-state index is 9.61. The summed E-state index contributed by atoms with van der Waals surface area (Å²) in [5.41, 5.74) is 2.29. The summed E-state index contributed by atoms with van der Waals surface area (Å²) in [7, 11) is 0. The van der Waals surface area contributed by atoms with E-state index < -0.39 is 0 Å². The first-order valence-corrected chi connectivity index (χ1v) is 6.46. The van der Waals surface area contributed by atoms with Gasteiger partial charge in [-0.05, 0) is 41.8 Å². The van der Waals surface area contributed by atoms with Crippen molar-refractivity contribution in [3.63, 3.8) is 0 Å². The number of rotatable bonds is 3. The van der Waals surface area contributed by atoms with E-state index in [1.54, 1.807) is 6.07 Å². The minimum Gasteiger partial charge on any atom is -0.508 e. The Morgan fingerprint density at radius 1 is 1.05 bits per heavy atom. The third-order valence-corrected chi connectivity index (χ3v) is 3.48. The zero-order valence-electron chi connectivity index (χ0n) is 10.8. The Labute approximate surface area is 112 Å². The minimum atomic E-state index is 0.251. The Hall–Kier alpha value is -2.16. The van der Waals surface area contributed by atoms with E-state index in [1.165, 1.54) is 5.56 Å². The fourth-order valence-corrected chi connectivity index (χ4v) is 2.54. The van der Waals surface area contributed by atoms with E-state index >= 15 is 0 Å². The van der Waals surface area contributed by atoms with Crippen LogP contribution in [0.3, 0.4) is 0 Å². The summed E-state index contributed by atoms with van der Waals surface area (Å²) in [5, 5.41) is 9.61. The summed E-state index contributed by atoms with van der Waals surface area (Å²) < 4.78 is 10.8. The van der Waals surface area contributed by atoms with Crippen LogP contribution in [0.1, 0.15) is 30.4 Å². The lowest BCUT2D eigenvalue weighted by molar-refractivity contribution is 0.174.